The van der Waals surface area contributed by atoms with E-state index in [1.165, 1.54) is 0 Å². The van der Waals surface area contributed by atoms with Crippen LogP contribution in [0.4, 0.5) is 0 Å². The summed E-state index contributed by atoms with van der Waals surface area (Å²) in [6.45, 7) is 3.01. The minimum Gasteiger partial charge on any atom is -0.494 e. The van der Waals surface area contributed by atoms with E-state index in [0.717, 1.165) is 22.6 Å². The highest BCUT2D eigenvalue weighted by atomic mass is 16.5. The summed E-state index contributed by atoms with van der Waals surface area (Å²) in [6, 6.07) is 5.54. The molecule has 20 heavy (non-hydrogen) atoms. The molecule has 2 rings (SSSR count). The van der Waals surface area contributed by atoms with Gasteiger partial charge in [0.25, 0.3) is 0 Å². The van der Waals surface area contributed by atoms with E-state index in [0.29, 0.717) is 13.2 Å². The van der Waals surface area contributed by atoms with Gasteiger partial charge in [0.1, 0.15) is 18.1 Å². The normalized spacial score (nSPS) is 11.2. The number of carboxylic acids is 1. The van der Waals surface area contributed by atoms with E-state index in [-0.39, 0.29) is 6.54 Å². The molecule has 0 bridgehead atoms. The van der Waals surface area contributed by atoms with Gasteiger partial charge >= 0.3 is 5.97 Å². The third kappa shape index (κ3) is 3.08. The molecule has 0 unspecified atom stereocenters. The summed E-state index contributed by atoms with van der Waals surface area (Å²) in [4.78, 5) is 17.5. The monoisotopic (exact) mass is 277 g/mol. The highest BCUT2D eigenvalue weighted by molar-refractivity contribution is 5.79. The lowest BCUT2D eigenvalue weighted by Crippen LogP contribution is -2.18. The number of hydrogen-bond acceptors (Lipinski definition) is 4. The average molecular weight is 277 g/mol. The quantitative estimate of drug-likeness (QED) is 0.868. The fourth-order valence-electron chi connectivity index (χ4n) is 2.13. The Morgan fingerprint density at radius 1 is 1.45 bits per heavy atom. The maximum Gasteiger partial charge on any atom is 0.323 e. The van der Waals surface area contributed by atoms with Crippen molar-refractivity contribution in [2.75, 3.05) is 20.7 Å². The molecule has 1 aromatic heterocycles. The fraction of sp³-hybridized carbons (Fsp3) is 0.429. The summed E-state index contributed by atoms with van der Waals surface area (Å²) < 4.78 is 7.18. The molecule has 2 aromatic rings. The fourth-order valence-corrected chi connectivity index (χ4v) is 2.13. The van der Waals surface area contributed by atoms with Crippen molar-refractivity contribution in [2.45, 2.75) is 20.0 Å². The van der Waals surface area contributed by atoms with E-state index >= 15 is 0 Å². The average Bonchev–Trinajstić information content (AvgIpc) is 2.66. The van der Waals surface area contributed by atoms with Crippen molar-refractivity contribution in [3.05, 3.63) is 24.0 Å². The number of hydrogen-bond donors (Lipinski definition) is 1. The molecule has 6 heteroatoms. The zero-order valence-electron chi connectivity index (χ0n) is 12.0. The summed E-state index contributed by atoms with van der Waals surface area (Å²) in [7, 11) is 3.85. The number of imidazole rings is 1. The molecule has 0 amide bonds. The molecule has 0 spiro atoms. The van der Waals surface area contributed by atoms with Gasteiger partial charge in [-0.05, 0) is 33.2 Å². The van der Waals surface area contributed by atoms with E-state index < -0.39 is 5.97 Å². The molecular formula is C14H19N3O3. The van der Waals surface area contributed by atoms with E-state index in [4.69, 9.17) is 9.84 Å². The van der Waals surface area contributed by atoms with Crippen LogP contribution in [0.5, 0.6) is 5.75 Å². The van der Waals surface area contributed by atoms with E-state index in [1.807, 2.05) is 44.1 Å². The molecule has 0 aliphatic heterocycles. The Balaban J connectivity index is 2.49. The maximum absolute atomic E-state index is 11.0. The lowest BCUT2D eigenvalue weighted by Gasteiger charge is -2.11. The number of fused-ring (bicyclic) bond motifs is 1. The van der Waals surface area contributed by atoms with Crippen LogP contribution in [0, 0.1) is 0 Å². The Hall–Kier alpha value is -2.08. The maximum atomic E-state index is 11.0. The molecule has 0 fully saturated rings. The molecule has 108 valence electrons. The molecule has 1 N–H and O–H groups in total. The van der Waals surface area contributed by atoms with Crippen LogP contribution in [0.25, 0.3) is 11.0 Å². The van der Waals surface area contributed by atoms with Crippen molar-refractivity contribution in [1.29, 1.82) is 0 Å². The van der Waals surface area contributed by atoms with Crippen LogP contribution >= 0.6 is 0 Å². The standard InChI is InChI=1S/C14H19N3O3/c1-4-20-10-5-6-12-11(7-10)15-13(8-16(2)3)17(12)9-14(18)19/h5-7H,4,8-9H2,1-3H3,(H,18,19). The van der Waals surface area contributed by atoms with E-state index in [9.17, 15) is 4.79 Å². The van der Waals surface area contributed by atoms with Crippen molar-refractivity contribution in [3.8, 4) is 5.75 Å². The van der Waals surface area contributed by atoms with Crippen molar-refractivity contribution in [3.63, 3.8) is 0 Å². The summed E-state index contributed by atoms with van der Waals surface area (Å²) >= 11 is 0. The molecule has 0 aliphatic carbocycles. The zero-order valence-corrected chi connectivity index (χ0v) is 12.0. The van der Waals surface area contributed by atoms with Crippen LogP contribution in [0.3, 0.4) is 0 Å². The molecule has 0 radical (unpaired) electrons. The zero-order chi connectivity index (χ0) is 14.7. The van der Waals surface area contributed by atoms with Gasteiger partial charge in [-0.15, -0.1) is 0 Å². The largest absolute Gasteiger partial charge is 0.494 e. The topological polar surface area (TPSA) is 67.6 Å². The third-order valence-corrected chi connectivity index (χ3v) is 2.86. The van der Waals surface area contributed by atoms with Crippen molar-refractivity contribution in [1.82, 2.24) is 14.5 Å². The van der Waals surface area contributed by atoms with Crippen molar-refractivity contribution in [2.24, 2.45) is 0 Å². The van der Waals surface area contributed by atoms with Gasteiger partial charge in [0.05, 0.1) is 24.2 Å². The van der Waals surface area contributed by atoms with Gasteiger partial charge in [0.15, 0.2) is 0 Å². The van der Waals surface area contributed by atoms with E-state index in [1.54, 1.807) is 4.57 Å². The van der Waals surface area contributed by atoms with Crippen LogP contribution in [-0.2, 0) is 17.9 Å². The molecule has 0 saturated heterocycles. The first-order valence-corrected chi connectivity index (χ1v) is 6.49. The van der Waals surface area contributed by atoms with Gasteiger partial charge in [-0.25, -0.2) is 4.98 Å². The smallest absolute Gasteiger partial charge is 0.323 e. The van der Waals surface area contributed by atoms with Crippen LogP contribution < -0.4 is 4.74 Å². The van der Waals surface area contributed by atoms with Crippen LogP contribution in [0.1, 0.15) is 12.7 Å². The summed E-state index contributed by atoms with van der Waals surface area (Å²) in [5.41, 5.74) is 1.57. The minimum absolute atomic E-state index is 0.0896. The number of benzene rings is 1. The Morgan fingerprint density at radius 2 is 2.20 bits per heavy atom. The molecule has 0 atom stereocenters. The molecule has 1 aromatic carbocycles. The molecule has 6 nitrogen and oxygen atoms in total. The van der Waals surface area contributed by atoms with Crippen LogP contribution in [0.2, 0.25) is 0 Å². The first kappa shape index (κ1) is 14.3. The molecular weight excluding hydrogens is 258 g/mol. The predicted octanol–water partition coefficient (Wildman–Crippen LogP) is 1.58. The first-order chi connectivity index (χ1) is 9.51. The van der Waals surface area contributed by atoms with Gasteiger partial charge in [-0.2, -0.15) is 0 Å². The Bertz CT molecular complexity index is 619. The van der Waals surface area contributed by atoms with Crippen LogP contribution in [0.15, 0.2) is 18.2 Å². The number of aromatic nitrogens is 2. The van der Waals surface area contributed by atoms with E-state index in [2.05, 4.69) is 4.98 Å². The Labute approximate surface area is 117 Å². The summed E-state index contributed by atoms with van der Waals surface area (Å²) in [5.74, 6) is 0.607. The second kappa shape index (κ2) is 5.92. The molecule has 0 aliphatic rings. The van der Waals surface area contributed by atoms with Crippen LogP contribution in [-0.4, -0.2) is 46.2 Å². The first-order valence-electron chi connectivity index (χ1n) is 6.49. The van der Waals surface area contributed by atoms with Gasteiger partial charge in [-0.1, -0.05) is 0 Å². The second-order valence-electron chi connectivity index (χ2n) is 4.83. The lowest BCUT2D eigenvalue weighted by molar-refractivity contribution is -0.137. The van der Waals surface area contributed by atoms with Crippen molar-refractivity contribution >= 4 is 17.0 Å². The number of carboxylic acid groups (broad SMARTS) is 1. The van der Waals surface area contributed by atoms with Gasteiger partial charge in [-0.3, -0.25) is 4.79 Å². The van der Waals surface area contributed by atoms with Gasteiger partial charge in [0, 0.05) is 6.07 Å². The number of ether oxygens (including phenoxy) is 1. The van der Waals surface area contributed by atoms with Gasteiger partial charge < -0.3 is 19.3 Å². The predicted molar refractivity (Wildman–Crippen MR) is 75.9 cm³/mol. The third-order valence-electron chi connectivity index (χ3n) is 2.86. The summed E-state index contributed by atoms with van der Waals surface area (Å²) in [6.07, 6.45) is 0. The summed E-state index contributed by atoms with van der Waals surface area (Å²) in [5, 5.41) is 9.06. The molecule has 1 heterocycles. The van der Waals surface area contributed by atoms with Crippen molar-refractivity contribution < 1.29 is 14.6 Å². The lowest BCUT2D eigenvalue weighted by atomic mass is 10.3. The number of nitrogens with zero attached hydrogens (tertiary/aromatic N) is 3. The molecule has 0 saturated carbocycles. The highest BCUT2D eigenvalue weighted by Gasteiger charge is 2.14. The minimum atomic E-state index is -0.877. The highest BCUT2D eigenvalue weighted by Crippen LogP contribution is 2.22. The number of carbonyl (C=O) groups is 1. The number of rotatable bonds is 6. The SMILES string of the molecule is CCOc1ccc2c(c1)nc(CN(C)C)n2CC(=O)O. The second-order valence-corrected chi connectivity index (χ2v) is 4.83. The Morgan fingerprint density at radius 3 is 2.80 bits per heavy atom. The Kier molecular flexibility index (Phi) is 4.24. The number of aliphatic carboxylic acids is 1. The van der Waals surface area contributed by atoms with Gasteiger partial charge in [0.2, 0.25) is 0 Å².